The van der Waals surface area contributed by atoms with Crippen LogP contribution in [0, 0.1) is 11.8 Å². The van der Waals surface area contributed by atoms with Crippen LogP contribution in [0.5, 0.6) is 0 Å². The minimum absolute atomic E-state index is 0.385. The summed E-state index contributed by atoms with van der Waals surface area (Å²) in [5, 5.41) is 10.3. The zero-order valence-corrected chi connectivity index (χ0v) is 10.5. The number of hydrogen-bond donors (Lipinski definition) is 1. The van der Waals surface area contributed by atoms with E-state index in [4.69, 9.17) is 4.74 Å². The van der Waals surface area contributed by atoms with Crippen molar-refractivity contribution in [2.75, 3.05) is 13.7 Å². The van der Waals surface area contributed by atoms with Gasteiger partial charge in [-0.3, -0.25) is 0 Å². The van der Waals surface area contributed by atoms with Crippen molar-refractivity contribution in [3.8, 4) is 0 Å². The van der Waals surface area contributed by atoms with Crippen molar-refractivity contribution in [2.24, 2.45) is 11.8 Å². The van der Waals surface area contributed by atoms with Crippen molar-refractivity contribution in [1.82, 2.24) is 0 Å². The Morgan fingerprint density at radius 3 is 2.40 bits per heavy atom. The Labute approximate surface area is 94.0 Å². The number of hydrogen-bond acceptors (Lipinski definition) is 2. The number of aliphatic hydroxyl groups is 1. The molecule has 0 aliphatic heterocycles. The lowest BCUT2D eigenvalue weighted by Crippen LogP contribution is -2.35. The molecule has 1 aliphatic carbocycles. The van der Waals surface area contributed by atoms with Gasteiger partial charge >= 0.3 is 0 Å². The normalized spacial score (nSPS) is 32.2. The Morgan fingerprint density at radius 1 is 1.33 bits per heavy atom. The van der Waals surface area contributed by atoms with E-state index in [0.717, 1.165) is 44.1 Å². The lowest BCUT2D eigenvalue weighted by Gasteiger charge is -2.37. The molecule has 1 fully saturated rings. The van der Waals surface area contributed by atoms with E-state index in [1.807, 2.05) is 0 Å². The van der Waals surface area contributed by atoms with Crippen LogP contribution >= 0.6 is 0 Å². The number of rotatable bonds is 5. The topological polar surface area (TPSA) is 29.5 Å². The van der Waals surface area contributed by atoms with Crippen LogP contribution in [-0.2, 0) is 4.74 Å². The third-order valence-corrected chi connectivity index (χ3v) is 3.89. The third-order valence-electron chi connectivity index (χ3n) is 3.89. The molecule has 0 radical (unpaired) electrons. The molecule has 0 unspecified atom stereocenters. The fraction of sp³-hybridized carbons (Fsp3) is 1.00. The van der Waals surface area contributed by atoms with Gasteiger partial charge in [-0.15, -0.1) is 0 Å². The van der Waals surface area contributed by atoms with Gasteiger partial charge in [0.1, 0.15) is 0 Å². The van der Waals surface area contributed by atoms with Crippen molar-refractivity contribution in [1.29, 1.82) is 0 Å². The molecule has 90 valence electrons. The van der Waals surface area contributed by atoms with Gasteiger partial charge in [0.15, 0.2) is 0 Å². The summed E-state index contributed by atoms with van der Waals surface area (Å²) in [5.41, 5.74) is -0.385. The predicted molar refractivity (Wildman–Crippen MR) is 62.9 cm³/mol. The van der Waals surface area contributed by atoms with Gasteiger partial charge in [0.25, 0.3) is 0 Å². The third kappa shape index (κ3) is 4.12. The van der Waals surface area contributed by atoms with Gasteiger partial charge in [-0.1, -0.05) is 13.8 Å². The first-order valence-electron chi connectivity index (χ1n) is 6.29. The van der Waals surface area contributed by atoms with E-state index in [0.29, 0.717) is 0 Å². The molecule has 1 rings (SSSR count). The minimum atomic E-state index is -0.385. The summed E-state index contributed by atoms with van der Waals surface area (Å²) in [5.74, 6) is 1.60. The van der Waals surface area contributed by atoms with Crippen LogP contribution < -0.4 is 0 Å². The fourth-order valence-corrected chi connectivity index (χ4v) is 2.64. The van der Waals surface area contributed by atoms with Crippen molar-refractivity contribution in [3.05, 3.63) is 0 Å². The van der Waals surface area contributed by atoms with Crippen molar-refractivity contribution >= 4 is 0 Å². The molecule has 0 aromatic carbocycles. The molecule has 0 bridgehead atoms. The van der Waals surface area contributed by atoms with Gasteiger partial charge in [0.05, 0.1) is 5.60 Å². The monoisotopic (exact) mass is 214 g/mol. The van der Waals surface area contributed by atoms with E-state index in [2.05, 4.69) is 13.8 Å². The van der Waals surface area contributed by atoms with E-state index in [-0.39, 0.29) is 5.60 Å². The zero-order valence-electron chi connectivity index (χ0n) is 10.5. The molecule has 0 amide bonds. The Hall–Kier alpha value is -0.0800. The summed E-state index contributed by atoms with van der Waals surface area (Å²) < 4.78 is 5.03. The Kier molecular flexibility index (Phi) is 5.07. The van der Waals surface area contributed by atoms with Gasteiger partial charge in [-0.25, -0.2) is 0 Å². The molecule has 0 heterocycles. The van der Waals surface area contributed by atoms with Crippen LogP contribution in [0.15, 0.2) is 0 Å². The summed E-state index contributed by atoms with van der Waals surface area (Å²) in [6.45, 7) is 5.36. The van der Waals surface area contributed by atoms with E-state index >= 15 is 0 Å². The maximum absolute atomic E-state index is 10.3. The molecular weight excluding hydrogens is 188 g/mol. The molecule has 0 aromatic rings. The highest BCUT2D eigenvalue weighted by Gasteiger charge is 2.33. The molecule has 0 spiro atoms. The van der Waals surface area contributed by atoms with E-state index < -0.39 is 0 Å². The largest absolute Gasteiger partial charge is 0.390 e. The van der Waals surface area contributed by atoms with Crippen molar-refractivity contribution < 1.29 is 9.84 Å². The number of methoxy groups -OCH3 is 1. The maximum Gasteiger partial charge on any atom is 0.0648 e. The molecule has 0 aromatic heterocycles. The van der Waals surface area contributed by atoms with Gasteiger partial charge in [0.2, 0.25) is 0 Å². The van der Waals surface area contributed by atoms with Gasteiger partial charge in [-0.05, 0) is 50.4 Å². The van der Waals surface area contributed by atoms with Crippen LogP contribution in [0.4, 0.5) is 0 Å². The number of ether oxygens (including phenoxy) is 1. The Morgan fingerprint density at radius 2 is 1.93 bits per heavy atom. The first-order chi connectivity index (χ1) is 7.07. The molecule has 1 N–H and O–H groups in total. The quantitative estimate of drug-likeness (QED) is 0.713. The van der Waals surface area contributed by atoms with Crippen molar-refractivity contribution in [3.63, 3.8) is 0 Å². The summed E-state index contributed by atoms with van der Waals surface area (Å²) in [6.07, 6.45) is 6.26. The predicted octanol–water partition coefficient (Wildman–Crippen LogP) is 2.99. The fourth-order valence-electron chi connectivity index (χ4n) is 2.64. The van der Waals surface area contributed by atoms with Crippen LogP contribution in [0.2, 0.25) is 0 Å². The molecule has 15 heavy (non-hydrogen) atoms. The maximum atomic E-state index is 10.3. The lowest BCUT2D eigenvalue weighted by atomic mass is 9.73. The van der Waals surface area contributed by atoms with Crippen molar-refractivity contribution in [2.45, 2.75) is 58.0 Å². The molecule has 1 aliphatic rings. The van der Waals surface area contributed by atoms with E-state index in [1.54, 1.807) is 7.11 Å². The summed E-state index contributed by atoms with van der Waals surface area (Å²) in [7, 11) is 1.72. The highest BCUT2D eigenvalue weighted by Crippen LogP contribution is 2.38. The van der Waals surface area contributed by atoms with Gasteiger partial charge in [0, 0.05) is 13.7 Å². The second-order valence-electron chi connectivity index (χ2n) is 5.40. The first kappa shape index (κ1) is 13.0. The average molecular weight is 214 g/mol. The Balaban J connectivity index is 2.27. The Bertz CT molecular complexity index is 169. The highest BCUT2D eigenvalue weighted by molar-refractivity contribution is 4.86. The van der Waals surface area contributed by atoms with Crippen LogP contribution in [0.25, 0.3) is 0 Å². The van der Waals surface area contributed by atoms with E-state index in [1.165, 1.54) is 12.8 Å². The zero-order chi connectivity index (χ0) is 11.3. The molecule has 0 saturated heterocycles. The molecule has 2 heteroatoms. The SMILES string of the molecule is COCCCC1(O)CCC(C(C)C)CC1. The summed E-state index contributed by atoms with van der Waals surface area (Å²) in [4.78, 5) is 0. The first-order valence-corrected chi connectivity index (χ1v) is 6.29. The smallest absolute Gasteiger partial charge is 0.0648 e. The minimum Gasteiger partial charge on any atom is -0.390 e. The molecule has 0 atom stereocenters. The summed E-state index contributed by atoms with van der Waals surface area (Å²) >= 11 is 0. The molecule has 2 nitrogen and oxygen atoms in total. The van der Waals surface area contributed by atoms with Crippen LogP contribution in [0.1, 0.15) is 52.4 Å². The second-order valence-corrected chi connectivity index (χ2v) is 5.40. The lowest BCUT2D eigenvalue weighted by molar-refractivity contribution is -0.0272. The average Bonchev–Trinajstić information content (AvgIpc) is 2.18. The highest BCUT2D eigenvalue weighted by atomic mass is 16.5. The second kappa shape index (κ2) is 5.86. The molecular formula is C13H26O2. The van der Waals surface area contributed by atoms with Crippen LogP contribution in [-0.4, -0.2) is 24.4 Å². The molecule has 1 saturated carbocycles. The van der Waals surface area contributed by atoms with E-state index in [9.17, 15) is 5.11 Å². The van der Waals surface area contributed by atoms with Crippen LogP contribution in [0.3, 0.4) is 0 Å². The summed E-state index contributed by atoms with van der Waals surface area (Å²) in [6, 6.07) is 0. The van der Waals surface area contributed by atoms with Gasteiger partial charge < -0.3 is 9.84 Å². The van der Waals surface area contributed by atoms with Gasteiger partial charge in [-0.2, -0.15) is 0 Å². The standard InChI is InChI=1S/C13H26O2/c1-11(2)12-5-8-13(14,9-6-12)7-4-10-15-3/h11-12,14H,4-10H2,1-3H3.